The summed E-state index contributed by atoms with van der Waals surface area (Å²) in [5, 5.41) is 0. The van der Waals surface area contributed by atoms with Crippen LogP contribution in [-0.2, 0) is 9.53 Å². The summed E-state index contributed by atoms with van der Waals surface area (Å²) < 4.78 is 4.53. The third-order valence-electron chi connectivity index (χ3n) is 4.66. The normalized spacial score (nSPS) is 11.6. The van der Waals surface area contributed by atoms with Gasteiger partial charge in [-0.05, 0) is 12.8 Å². The average Bonchev–Trinajstić information content (AvgIpc) is 2.63. The third-order valence-corrected chi connectivity index (χ3v) is 4.66. The lowest BCUT2D eigenvalue weighted by atomic mass is 10.0. The molecule has 0 atom stereocenters. The van der Waals surface area contributed by atoms with Crippen molar-refractivity contribution in [2.24, 2.45) is 0 Å². The fraction of sp³-hybridized carbons (Fsp3) is 0.783. The van der Waals surface area contributed by atoms with E-state index in [9.17, 15) is 4.79 Å². The van der Waals surface area contributed by atoms with Crippen LogP contribution in [0, 0.1) is 0 Å². The summed E-state index contributed by atoms with van der Waals surface area (Å²) in [6, 6.07) is 0. The van der Waals surface area contributed by atoms with E-state index in [1.54, 1.807) is 6.08 Å². The molecule has 0 aliphatic heterocycles. The fourth-order valence-corrected chi connectivity index (χ4v) is 3.01. The average molecular weight is 351 g/mol. The minimum atomic E-state index is -0.295. The molecular weight excluding hydrogens is 308 g/mol. The SMILES string of the molecule is CCCCCCCCCCCCCCCCC/C=C/C=C/C(=O)OC. The molecule has 0 rings (SSSR count). The molecule has 0 N–H and O–H groups in total. The van der Waals surface area contributed by atoms with E-state index >= 15 is 0 Å². The van der Waals surface area contributed by atoms with Gasteiger partial charge < -0.3 is 4.74 Å². The number of methoxy groups -OCH3 is 1. The maximum atomic E-state index is 10.9. The minimum absolute atomic E-state index is 0.295. The van der Waals surface area contributed by atoms with Crippen molar-refractivity contribution in [1.82, 2.24) is 0 Å². The Bertz CT molecular complexity index is 331. The molecule has 0 bridgehead atoms. The highest BCUT2D eigenvalue weighted by molar-refractivity contribution is 5.82. The molecule has 0 aromatic heterocycles. The summed E-state index contributed by atoms with van der Waals surface area (Å²) in [6.45, 7) is 2.28. The minimum Gasteiger partial charge on any atom is -0.466 e. The first kappa shape index (κ1) is 23.9. The Labute approximate surface area is 157 Å². The van der Waals surface area contributed by atoms with E-state index in [0.717, 1.165) is 6.42 Å². The highest BCUT2D eigenvalue weighted by Gasteiger charge is 1.94. The van der Waals surface area contributed by atoms with Gasteiger partial charge in [0.1, 0.15) is 0 Å². The molecule has 146 valence electrons. The van der Waals surface area contributed by atoms with Crippen LogP contribution in [0.5, 0.6) is 0 Å². The topological polar surface area (TPSA) is 26.3 Å². The molecule has 0 aromatic rings. The summed E-state index contributed by atoms with van der Waals surface area (Å²) in [4.78, 5) is 10.9. The molecule has 0 unspecified atom stereocenters. The van der Waals surface area contributed by atoms with Crippen LogP contribution >= 0.6 is 0 Å². The molecular formula is C23H42O2. The molecule has 0 saturated heterocycles. The van der Waals surface area contributed by atoms with Gasteiger partial charge in [0.25, 0.3) is 0 Å². The maximum Gasteiger partial charge on any atom is 0.330 e. The van der Waals surface area contributed by atoms with Crippen LogP contribution in [0.2, 0.25) is 0 Å². The van der Waals surface area contributed by atoms with Gasteiger partial charge in [0, 0.05) is 6.08 Å². The Morgan fingerprint density at radius 1 is 0.680 bits per heavy atom. The molecule has 0 fully saturated rings. The first-order chi connectivity index (χ1) is 12.3. The van der Waals surface area contributed by atoms with Crippen LogP contribution in [0.15, 0.2) is 24.3 Å². The van der Waals surface area contributed by atoms with Gasteiger partial charge in [-0.1, -0.05) is 115 Å². The van der Waals surface area contributed by atoms with Gasteiger partial charge in [-0.25, -0.2) is 4.79 Å². The lowest BCUT2D eigenvalue weighted by molar-refractivity contribution is -0.134. The smallest absolute Gasteiger partial charge is 0.330 e. The Balaban J connectivity index is 3.13. The molecule has 0 spiro atoms. The van der Waals surface area contributed by atoms with Crippen LogP contribution < -0.4 is 0 Å². The van der Waals surface area contributed by atoms with Gasteiger partial charge in [0.15, 0.2) is 0 Å². The number of hydrogen-bond donors (Lipinski definition) is 0. The van der Waals surface area contributed by atoms with E-state index in [4.69, 9.17) is 0 Å². The molecule has 2 nitrogen and oxygen atoms in total. The molecule has 0 saturated carbocycles. The van der Waals surface area contributed by atoms with Crippen LogP contribution in [0.25, 0.3) is 0 Å². The number of hydrogen-bond acceptors (Lipinski definition) is 2. The number of allylic oxidation sites excluding steroid dienone is 3. The molecule has 0 radical (unpaired) electrons. The largest absolute Gasteiger partial charge is 0.466 e. The highest BCUT2D eigenvalue weighted by Crippen LogP contribution is 2.13. The molecule has 0 aromatic carbocycles. The first-order valence-electron chi connectivity index (χ1n) is 10.7. The second kappa shape index (κ2) is 21.0. The van der Waals surface area contributed by atoms with E-state index in [-0.39, 0.29) is 5.97 Å². The van der Waals surface area contributed by atoms with E-state index in [2.05, 4.69) is 17.7 Å². The van der Waals surface area contributed by atoms with Crippen molar-refractivity contribution in [2.45, 2.75) is 110 Å². The summed E-state index contributed by atoms with van der Waals surface area (Å²) in [6.07, 6.45) is 29.4. The van der Waals surface area contributed by atoms with Crippen LogP contribution in [0.4, 0.5) is 0 Å². The third kappa shape index (κ3) is 20.9. The molecule has 0 aliphatic carbocycles. The van der Waals surface area contributed by atoms with E-state index in [1.165, 1.54) is 109 Å². The second-order valence-electron chi connectivity index (χ2n) is 7.05. The lowest BCUT2D eigenvalue weighted by Gasteiger charge is -2.03. The van der Waals surface area contributed by atoms with Gasteiger partial charge in [0.05, 0.1) is 7.11 Å². The Morgan fingerprint density at radius 3 is 1.56 bits per heavy atom. The number of rotatable bonds is 18. The Hall–Kier alpha value is -1.05. The van der Waals surface area contributed by atoms with Gasteiger partial charge in [-0.2, -0.15) is 0 Å². The zero-order chi connectivity index (χ0) is 18.4. The van der Waals surface area contributed by atoms with E-state index < -0.39 is 0 Å². The predicted octanol–water partition coefficient (Wildman–Crippen LogP) is 7.53. The van der Waals surface area contributed by atoms with Crippen molar-refractivity contribution in [3.8, 4) is 0 Å². The summed E-state index contributed by atoms with van der Waals surface area (Å²) in [5.74, 6) is -0.295. The van der Waals surface area contributed by atoms with Gasteiger partial charge in [-0.3, -0.25) is 0 Å². The number of ether oxygens (including phenoxy) is 1. The summed E-state index contributed by atoms with van der Waals surface area (Å²) in [5.41, 5.74) is 0. The van der Waals surface area contributed by atoms with Crippen molar-refractivity contribution in [2.75, 3.05) is 7.11 Å². The van der Waals surface area contributed by atoms with E-state index in [0.29, 0.717) is 0 Å². The van der Waals surface area contributed by atoms with Gasteiger partial charge >= 0.3 is 5.97 Å². The maximum absolute atomic E-state index is 10.9. The van der Waals surface area contributed by atoms with Gasteiger partial charge in [-0.15, -0.1) is 0 Å². The molecule has 0 aliphatic rings. The van der Waals surface area contributed by atoms with Crippen molar-refractivity contribution in [3.63, 3.8) is 0 Å². The van der Waals surface area contributed by atoms with E-state index in [1.807, 2.05) is 6.08 Å². The molecule has 0 heterocycles. The highest BCUT2D eigenvalue weighted by atomic mass is 16.5. The van der Waals surface area contributed by atoms with Crippen LogP contribution in [0.1, 0.15) is 110 Å². The standard InChI is InChI=1S/C23H42O2/c1-3-4-5-6-7-8-9-10-11-12-13-14-15-16-17-18-19-20-21-22-23(24)25-2/h19-22H,3-18H2,1-2H3/b20-19+,22-21+. The predicted molar refractivity (Wildman–Crippen MR) is 110 cm³/mol. The monoisotopic (exact) mass is 350 g/mol. The van der Waals surface area contributed by atoms with Crippen molar-refractivity contribution in [1.29, 1.82) is 0 Å². The number of carbonyl (C=O) groups excluding carboxylic acids is 1. The second-order valence-corrected chi connectivity index (χ2v) is 7.05. The van der Waals surface area contributed by atoms with Crippen molar-refractivity contribution in [3.05, 3.63) is 24.3 Å². The van der Waals surface area contributed by atoms with Crippen molar-refractivity contribution < 1.29 is 9.53 Å². The van der Waals surface area contributed by atoms with Crippen LogP contribution in [-0.4, -0.2) is 13.1 Å². The first-order valence-corrected chi connectivity index (χ1v) is 10.7. The quantitative estimate of drug-likeness (QED) is 0.110. The Kier molecular flexibility index (Phi) is 20.1. The number of carbonyl (C=O) groups is 1. The fourth-order valence-electron chi connectivity index (χ4n) is 3.01. The molecule has 25 heavy (non-hydrogen) atoms. The number of unbranched alkanes of at least 4 members (excludes halogenated alkanes) is 15. The number of esters is 1. The summed E-state index contributed by atoms with van der Waals surface area (Å²) >= 11 is 0. The molecule has 2 heteroatoms. The Morgan fingerprint density at radius 2 is 1.12 bits per heavy atom. The zero-order valence-corrected chi connectivity index (χ0v) is 16.9. The lowest BCUT2D eigenvalue weighted by Crippen LogP contribution is -1.92. The zero-order valence-electron chi connectivity index (χ0n) is 16.9. The summed E-state index contributed by atoms with van der Waals surface area (Å²) in [7, 11) is 1.39. The van der Waals surface area contributed by atoms with Crippen LogP contribution in [0.3, 0.4) is 0 Å². The van der Waals surface area contributed by atoms with Gasteiger partial charge in [0.2, 0.25) is 0 Å². The molecule has 0 amide bonds. The van der Waals surface area contributed by atoms with Crippen molar-refractivity contribution >= 4 is 5.97 Å².